The van der Waals surface area contributed by atoms with Crippen molar-refractivity contribution in [3.05, 3.63) is 36.0 Å². The van der Waals surface area contributed by atoms with Gasteiger partial charge in [-0.2, -0.15) is 0 Å². The summed E-state index contributed by atoms with van der Waals surface area (Å²) < 4.78 is 1.93. The van der Waals surface area contributed by atoms with E-state index in [1.54, 1.807) is 6.92 Å². The number of nitrogens with zero attached hydrogens (tertiary/aromatic N) is 1. The van der Waals surface area contributed by atoms with Crippen molar-refractivity contribution in [2.45, 2.75) is 12.8 Å². The van der Waals surface area contributed by atoms with E-state index >= 15 is 0 Å². The number of carbonyl (C=O) groups excluding carboxylic acids is 1. The van der Waals surface area contributed by atoms with Crippen LogP contribution in [0.5, 0.6) is 0 Å². The number of aliphatic carboxylic acids is 1. The maximum absolute atomic E-state index is 10.8. The molecule has 2 aromatic rings. The van der Waals surface area contributed by atoms with Gasteiger partial charge in [-0.3, -0.25) is 0 Å². The summed E-state index contributed by atoms with van der Waals surface area (Å²) in [6.07, 6.45) is 1.85. The second-order valence-corrected chi connectivity index (χ2v) is 3.75. The summed E-state index contributed by atoms with van der Waals surface area (Å²) in [4.78, 5) is 10.8. The zero-order chi connectivity index (χ0) is 11.0. The van der Waals surface area contributed by atoms with Crippen LogP contribution in [0.1, 0.15) is 18.4 Å². The summed E-state index contributed by atoms with van der Waals surface area (Å²) >= 11 is 0. The Labute approximate surface area is 87.9 Å². The summed E-state index contributed by atoms with van der Waals surface area (Å²) in [5.74, 6) is -1.61. The zero-order valence-corrected chi connectivity index (χ0v) is 8.73. The number of aryl methyl sites for hydroxylation is 1. The predicted octanol–water partition coefficient (Wildman–Crippen LogP) is 1.03. The molecule has 0 aliphatic heterocycles. The van der Waals surface area contributed by atoms with Crippen molar-refractivity contribution < 1.29 is 9.90 Å². The Morgan fingerprint density at radius 3 is 2.73 bits per heavy atom. The van der Waals surface area contributed by atoms with E-state index in [1.165, 1.54) is 0 Å². The number of fused-ring (bicyclic) bond motifs is 1. The molecule has 0 aliphatic rings. The van der Waals surface area contributed by atoms with Crippen LogP contribution in [0.15, 0.2) is 30.5 Å². The molecule has 78 valence electrons. The first kappa shape index (κ1) is 9.77. The van der Waals surface area contributed by atoms with Gasteiger partial charge in [-0.1, -0.05) is 25.1 Å². The number of carboxylic acid groups (broad SMARTS) is 1. The first-order valence-corrected chi connectivity index (χ1v) is 4.86. The molecule has 0 bridgehead atoms. The minimum Gasteiger partial charge on any atom is -0.550 e. The van der Waals surface area contributed by atoms with Crippen LogP contribution >= 0.6 is 0 Å². The van der Waals surface area contributed by atoms with Gasteiger partial charge in [-0.05, 0) is 11.6 Å². The molecule has 1 heterocycles. The SMILES string of the molecule is CC(C(=O)[O-])c1cn(C)c2ccccc12. The molecular weight excluding hydrogens is 190 g/mol. The Morgan fingerprint density at radius 1 is 1.40 bits per heavy atom. The third-order valence-corrected chi connectivity index (χ3v) is 2.75. The highest BCUT2D eigenvalue weighted by Crippen LogP contribution is 2.26. The average molecular weight is 202 g/mol. The molecule has 15 heavy (non-hydrogen) atoms. The van der Waals surface area contributed by atoms with Gasteiger partial charge in [0.25, 0.3) is 0 Å². The highest BCUT2D eigenvalue weighted by Gasteiger charge is 2.12. The highest BCUT2D eigenvalue weighted by atomic mass is 16.4. The molecule has 0 spiro atoms. The second-order valence-electron chi connectivity index (χ2n) is 3.75. The largest absolute Gasteiger partial charge is 0.550 e. The fourth-order valence-electron chi connectivity index (χ4n) is 1.85. The lowest BCUT2D eigenvalue weighted by Gasteiger charge is -2.10. The van der Waals surface area contributed by atoms with Gasteiger partial charge >= 0.3 is 0 Å². The number of rotatable bonds is 2. The summed E-state index contributed by atoms with van der Waals surface area (Å²) in [5, 5.41) is 11.8. The summed E-state index contributed by atoms with van der Waals surface area (Å²) in [7, 11) is 1.91. The Kier molecular flexibility index (Phi) is 2.23. The van der Waals surface area contributed by atoms with E-state index in [0.717, 1.165) is 16.5 Å². The Morgan fingerprint density at radius 2 is 2.07 bits per heavy atom. The zero-order valence-electron chi connectivity index (χ0n) is 8.73. The Hall–Kier alpha value is -1.77. The summed E-state index contributed by atoms with van der Waals surface area (Å²) in [6.45, 7) is 1.65. The molecule has 3 heteroatoms. The van der Waals surface area contributed by atoms with E-state index in [2.05, 4.69) is 0 Å². The van der Waals surface area contributed by atoms with Gasteiger partial charge in [-0.15, -0.1) is 0 Å². The molecule has 0 saturated heterocycles. The third kappa shape index (κ3) is 1.50. The van der Waals surface area contributed by atoms with Crippen LogP contribution in [0.25, 0.3) is 10.9 Å². The van der Waals surface area contributed by atoms with Gasteiger partial charge in [0.2, 0.25) is 0 Å². The van der Waals surface area contributed by atoms with E-state index in [9.17, 15) is 9.90 Å². The lowest BCUT2D eigenvalue weighted by Crippen LogP contribution is -2.27. The van der Waals surface area contributed by atoms with Crippen LogP contribution in [0.3, 0.4) is 0 Å². The molecule has 0 saturated carbocycles. The number of hydrogen-bond donors (Lipinski definition) is 0. The molecule has 0 radical (unpaired) electrons. The van der Waals surface area contributed by atoms with Gasteiger partial charge in [-0.25, -0.2) is 0 Å². The standard InChI is InChI=1S/C12H13NO2/c1-8(12(14)15)10-7-13(2)11-6-4-3-5-9(10)11/h3-8H,1-2H3,(H,14,15)/p-1. The van der Waals surface area contributed by atoms with Crippen molar-refractivity contribution in [1.29, 1.82) is 0 Å². The number of para-hydroxylation sites is 1. The van der Waals surface area contributed by atoms with E-state index in [0.29, 0.717) is 0 Å². The molecule has 2 rings (SSSR count). The monoisotopic (exact) mass is 202 g/mol. The first-order chi connectivity index (χ1) is 7.11. The van der Waals surface area contributed by atoms with Gasteiger partial charge in [0, 0.05) is 36.0 Å². The summed E-state index contributed by atoms with van der Waals surface area (Å²) in [6, 6.07) is 7.76. The fourth-order valence-corrected chi connectivity index (χ4v) is 1.85. The van der Waals surface area contributed by atoms with Crippen molar-refractivity contribution in [2.24, 2.45) is 7.05 Å². The van der Waals surface area contributed by atoms with Crippen LogP contribution in [-0.2, 0) is 11.8 Å². The first-order valence-electron chi connectivity index (χ1n) is 4.86. The molecule has 0 amide bonds. The van der Waals surface area contributed by atoms with Gasteiger partial charge in [0.05, 0.1) is 0 Å². The maximum Gasteiger partial charge on any atom is 0.0487 e. The van der Waals surface area contributed by atoms with Crippen molar-refractivity contribution in [1.82, 2.24) is 4.57 Å². The van der Waals surface area contributed by atoms with Crippen LogP contribution in [0.4, 0.5) is 0 Å². The van der Waals surface area contributed by atoms with Gasteiger partial charge < -0.3 is 14.5 Å². The van der Waals surface area contributed by atoms with E-state index < -0.39 is 11.9 Å². The quantitative estimate of drug-likeness (QED) is 0.730. The number of hydrogen-bond acceptors (Lipinski definition) is 2. The van der Waals surface area contributed by atoms with Crippen molar-refractivity contribution in [3.63, 3.8) is 0 Å². The van der Waals surface area contributed by atoms with Crippen LogP contribution in [0, 0.1) is 0 Å². The summed E-state index contributed by atoms with van der Waals surface area (Å²) in [5.41, 5.74) is 1.86. The fraction of sp³-hybridized carbons (Fsp3) is 0.250. The van der Waals surface area contributed by atoms with Crippen molar-refractivity contribution >= 4 is 16.9 Å². The highest BCUT2D eigenvalue weighted by molar-refractivity contribution is 5.89. The molecule has 1 aromatic heterocycles. The van der Waals surface area contributed by atoms with E-state index in [4.69, 9.17) is 0 Å². The number of carbonyl (C=O) groups is 1. The number of carboxylic acids is 1. The van der Waals surface area contributed by atoms with Crippen molar-refractivity contribution in [3.8, 4) is 0 Å². The van der Waals surface area contributed by atoms with Crippen LogP contribution < -0.4 is 5.11 Å². The number of benzene rings is 1. The van der Waals surface area contributed by atoms with Crippen LogP contribution in [0.2, 0.25) is 0 Å². The predicted molar refractivity (Wildman–Crippen MR) is 56.3 cm³/mol. The lowest BCUT2D eigenvalue weighted by molar-refractivity contribution is -0.307. The molecule has 0 N–H and O–H groups in total. The van der Waals surface area contributed by atoms with E-state index in [-0.39, 0.29) is 0 Å². The van der Waals surface area contributed by atoms with Crippen molar-refractivity contribution in [2.75, 3.05) is 0 Å². The van der Waals surface area contributed by atoms with E-state index in [1.807, 2.05) is 42.1 Å². The van der Waals surface area contributed by atoms with Gasteiger partial charge in [0.1, 0.15) is 0 Å². The molecule has 3 nitrogen and oxygen atoms in total. The Bertz CT molecular complexity index is 513. The smallest absolute Gasteiger partial charge is 0.0487 e. The minimum absolute atomic E-state index is 0.573. The van der Waals surface area contributed by atoms with Crippen LogP contribution in [-0.4, -0.2) is 10.5 Å². The van der Waals surface area contributed by atoms with Gasteiger partial charge in [0.15, 0.2) is 0 Å². The Balaban J connectivity index is 2.67. The third-order valence-electron chi connectivity index (χ3n) is 2.75. The average Bonchev–Trinajstić information content (AvgIpc) is 2.56. The minimum atomic E-state index is -1.04. The molecular formula is C12H12NO2-. The topological polar surface area (TPSA) is 45.1 Å². The molecule has 0 aliphatic carbocycles. The normalized spacial score (nSPS) is 12.9. The second kappa shape index (κ2) is 3.42. The lowest BCUT2D eigenvalue weighted by atomic mass is 10.0. The molecule has 1 unspecified atom stereocenters. The molecule has 1 atom stereocenters. The molecule has 0 fully saturated rings. The number of aromatic nitrogens is 1. The maximum atomic E-state index is 10.8. The molecule has 1 aromatic carbocycles.